The number of ether oxygens (including phenoxy) is 1. The Hall–Kier alpha value is -3.94. The Morgan fingerprint density at radius 2 is 1.76 bits per heavy atom. The lowest BCUT2D eigenvalue weighted by Gasteiger charge is -2.28. The van der Waals surface area contributed by atoms with Crippen molar-refractivity contribution < 1.29 is 14.3 Å². The molecular weight excluding hydrogens is 372 g/mol. The van der Waals surface area contributed by atoms with E-state index in [1.165, 1.54) is 21.7 Å². The number of fused-ring (bicyclic) bond motifs is 1. The van der Waals surface area contributed by atoms with Gasteiger partial charge in [-0.25, -0.2) is 4.68 Å². The minimum absolute atomic E-state index is 0.0776. The molecule has 8 heteroatoms. The van der Waals surface area contributed by atoms with Gasteiger partial charge in [-0.05, 0) is 30.3 Å². The number of nitrogens with one attached hydrogen (secondary N) is 1. The first-order chi connectivity index (χ1) is 14.1. The lowest BCUT2D eigenvalue weighted by molar-refractivity contribution is -0.115. The van der Waals surface area contributed by atoms with E-state index in [1.807, 2.05) is 30.3 Å². The summed E-state index contributed by atoms with van der Waals surface area (Å²) in [4.78, 5) is 38.4. The molecule has 0 unspecified atom stereocenters. The van der Waals surface area contributed by atoms with Crippen molar-refractivity contribution in [2.75, 3.05) is 23.4 Å². The molecule has 0 saturated heterocycles. The largest absolute Gasteiger partial charge is 0.492 e. The number of nitrogens with zero attached hydrogens (tertiary/aromatic N) is 3. The second kappa shape index (κ2) is 7.97. The summed E-state index contributed by atoms with van der Waals surface area (Å²) in [5, 5.41) is 6.91. The fraction of sp³-hybridized carbons (Fsp3) is 0.143. The summed E-state index contributed by atoms with van der Waals surface area (Å²) < 4.78 is 6.78. The Kier molecular flexibility index (Phi) is 5.07. The van der Waals surface area contributed by atoms with Crippen molar-refractivity contribution in [1.82, 2.24) is 9.78 Å². The maximum Gasteiger partial charge on any atom is 0.279 e. The Bertz CT molecular complexity index is 1110. The zero-order valence-corrected chi connectivity index (χ0v) is 15.4. The number of hydrogen-bond donors (Lipinski definition) is 1. The number of carbonyl (C=O) groups is 2. The average molecular weight is 390 g/mol. The van der Waals surface area contributed by atoms with Crippen LogP contribution < -0.4 is 20.5 Å². The number of hydrogen-bond acceptors (Lipinski definition) is 5. The molecule has 4 rings (SSSR count). The molecule has 2 aromatic carbocycles. The summed E-state index contributed by atoms with van der Waals surface area (Å²) in [6.07, 6.45) is 0. The van der Waals surface area contributed by atoms with Gasteiger partial charge in [-0.3, -0.25) is 19.3 Å². The molecule has 0 radical (unpaired) electrons. The molecule has 2 amide bonds. The van der Waals surface area contributed by atoms with Crippen LogP contribution >= 0.6 is 0 Å². The van der Waals surface area contributed by atoms with Gasteiger partial charge in [0.25, 0.3) is 11.5 Å². The standard InChI is InChI=1S/C21H18N4O4/c26-19-14-24(18-9-5-4-8-16(18)22-19)21(28)17-10-11-20(27)25(23-17)12-13-29-15-6-2-1-3-7-15/h1-11H,12-14H2,(H,22,26). The van der Waals surface area contributed by atoms with Gasteiger partial charge in [0.05, 0.1) is 17.9 Å². The Morgan fingerprint density at radius 1 is 1.00 bits per heavy atom. The van der Waals surface area contributed by atoms with Crippen LogP contribution in [0.3, 0.4) is 0 Å². The first-order valence-corrected chi connectivity index (χ1v) is 9.08. The van der Waals surface area contributed by atoms with Crippen LogP contribution in [0.15, 0.2) is 71.5 Å². The number of para-hydroxylation sites is 3. The highest BCUT2D eigenvalue weighted by atomic mass is 16.5. The van der Waals surface area contributed by atoms with E-state index in [1.54, 1.807) is 24.3 Å². The monoisotopic (exact) mass is 390 g/mol. The second-order valence-corrected chi connectivity index (χ2v) is 6.40. The molecule has 1 N–H and O–H groups in total. The van der Waals surface area contributed by atoms with Crippen LogP contribution in [-0.2, 0) is 11.3 Å². The van der Waals surface area contributed by atoms with Gasteiger partial charge >= 0.3 is 0 Å². The summed E-state index contributed by atoms with van der Waals surface area (Å²) in [5.41, 5.74) is 0.884. The molecule has 0 aliphatic carbocycles. The number of aromatic nitrogens is 2. The van der Waals surface area contributed by atoms with Gasteiger partial charge in [0.15, 0.2) is 0 Å². The molecule has 0 spiro atoms. The van der Waals surface area contributed by atoms with Gasteiger partial charge in [-0.1, -0.05) is 30.3 Å². The third kappa shape index (κ3) is 4.01. The summed E-state index contributed by atoms with van der Waals surface area (Å²) in [7, 11) is 0. The number of amides is 2. The lowest BCUT2D eigenvalue weighted by atomic mass is 10.2. The Labute approximate surface area is 166 Å². The van der Waals surface area contributed by atoms with Crippen LogP contribution in [0, 0.1) is 0 Å². The summed E-state index contributed by atoms with van der Waals surface area (Å²) >= 11 is 0. The van der Waals surface area contributed by atoms with E-state index in [0.717, 1.165) is 0 Å². The van der Waals surface area contributed by atoms with Gasteiger partial charge in [0.1, 0.15) is 24.6 Å². The summed E-state index contributed by atoms with van der Waals surface area (Å²) in [5.74, 6) is -0.0598. The van der Waals surface area contributed by atoms with Crippen LogP contribution in [0.5, 0.6) is 5.75 Å². The normalized spacial score (nSPS) is 12.8. The number of rotatable bonds is 5. The minimum atomic E-state index is -0.454. The van der Waals surface area contributed by atoms with Crippen molar-refractivity contribution >= 4 is 23.2 Å². The molecular formula is C21H18N4O4. The van der Waals surface area contributed by atoms with Crippen LogP contribution in [0.2, 0.25) is 0 Å². The molecule has 0 bridgehead atoms. The molecule has 29 heavy (non-hydrogen) atoms. The molecule has 146 valence electrons. The smallest absolute Gasteiger partial charge is 0.279 e. The molecule has 1 aromatic heterocycles. The Balaban J connectivity index is 1.53. The molecule has 0 fully saturated rings. The topological polar surface area (TPSA) is 93.5 Å². The molecule has 0 atom stereocenters. The van der Waals surface area contributed by atoms with Crippen molar-refractivity contribution in [2.24, 2.45) is 0 Å². The van der Waals surface area contributed by atoms with Crippen LogP contribution in [-0.4, -0.2) is 34.7 Å². The number of anilines is 2. The number of benzene rings is 2. The molecule has 8 nitrogen and oxygen atoms in total. The van der Waals surface area contributed by atoms with Gasteiger partial charge in [0, 0.05) is 6.07 Å². The Morgan fingerprint density at radius 3 is 2.59 bits per heavy atom. The fourth-order valence-corrected chi connectivity index (χ4v) is 3.04. The molecule has 1 aliphatic heterocycles. The summed E-state index contributed by atoms with van der Waals surface area (Å²) in [6, 6.07) is 18.9. The lowest BCUT2D eigenvalue weighted by Crippen LogP contribution is -2.43. The van der Waals surface area contributed by atoms with Crippen LogP contribution in [0.1, 0.15) is 10.5 Å². The molecule has 2 heterocycles. The van der Waals surface area contributed by atoms with Crippen molar-refractivity contribution in [3.63, 3.8) is 0 Å². The van der Waals surface area contributed by atoms with E-state index in [9.17, 15) is 14.4 Å². The van der Waals surface area contributed by atoms with Gasteiger partial charge in [-0.15, -0.1) is 0 Å². The highest BCUT2D eigenvalue weighted by Crippen LogP contribution is 2.29. The zero-order valence-electron chi connectivity index (χ0n) is 15.4. The fourth-order valence-electron chi connectivity index (χ4n) is 3.04. The quantitative estimate of drug-likeness (QED) is 0.718. The third-order valence-corrected chi connectivity index (χ3v) is 4.42. The minimum Gasteiger partial charge on any atom is -0.492 e. The zero-order chi connectivity index (χ0) is 20.2. The maximum absolute atomic E-state index is 13.0. The van der Waals surface area contributed by atoms with Crippen molar-refractivity contribution in [3.05, 3.63) is 82.8 Å². The number of carbonyl (C=O) groups excluding carboxylic acids is 2. The van der Waals surface area contributed by atoms with Crippen molar-refractivity contribution in [3.8, 4) is 5.75 Å². The van der Waals surface area contributed by atoms with E-state index in [-0.39, 0.29) is 36.9 Å². The highest BCUT2D eigenvalue weighted by molar-refractivity contribution is 6.14. The second-order valence-electron chi connectivity index (χ2n) is 6.40. The maximum atomic E-state index is 13.0. The van der Waals surface area contributed by atoms with Gasteiger partial charge in [0.2, 0.25) is 5.91 Å². The van der Waals surface area contributed by atoms with Crippen LogP contribution in [0.4, 0.5) is 11.4 Å². The third-order valence-electron chi connectivity index (χ3n) is 4.42. The van der Waals surface area contributed by atoms with Crippen molar-refractivity contribution in [2.45, 2.75) is 6.54 Å². The van der Waals surface area contributed by atoms with Gasteiger partial charge in [-0.2, -0.15) is 5.10 Å². The van der Waals surface area contributed by atoms with E-state index < -0.39 is 5.91 Å². The summed E-state index contributed by atoms with van der Waals surface area (Å²) in [6.45, 7) is 0.295. The molecule has 0 saturated carbocycles. The van der Waals surface area contributed by atoms with E-state index in [2.05, 4.69) is 10.4 Å². The molecule has 1 aliphatic rings. The predicted octanol–water partition coefficient (Wildman–Crippen LogP) is 1.92. The van der Waals surface area contributed by atoms with E-state index in [4.69, 9.17) is 4.74 Å². The molecule has 3 aromatic rings. The van der Waals surface area contributed by atoms with E-state index in [0.29, 0.717) is 17.1 Å². The highest BCUT2D eigenvalue weighted by Gasteiger charge is 2.28. The van der Waals surface area contributed by atoms with Crippen LogP contribution in [0.25, 0.3) is 0 Å². The average Bonchev–Trinajstić information content (AvgIpc) is 2.74. The van der Waals surface area contributed by atoms with E-state index >= 15 is 0 Å². The first-order valence-electron chi connectivity index (χ1n) is 9.08. The SMILES string of the molecule is O=C1CN(C(=O)c2ccc(=O)n(CCOc3ccccc3)n2)c2ccccc2N1. The van der Waals surface area contributed by atoms with Gasteiger partial charge < -0.3 is 10.1 Å². The first kappa shape index (κ1) is 18.4. The predicted molar refractivity (Wildman–Crippen MR) is 107 cm³/mol. The van der Waals surface area contributed by atoms with Crippen molar-refractivity contribution in [1.29, 1.82) is 0 Å².